The number of rotatable bonds is 4. The van der Waals surface area contributed by atoms with Crippen molar-refractivity contribution in [1.29, 1.82) is 0 Å². The Hall–Kier alpha value is -0.920. The third-order valence-corrected chi connectivity index (χ3v) is 3.85. The van der Waals surface area contributed by atoms with Crippen molar-refractivity contribution < 1.29 is 0 Å². The van der Waals surface area contributed by atoms with Gasteiger partial charge in [-0.15, -0.1) is 0 Å². The van der Waals surface area contributed by atoms with Crippen LogP contribution < -0.4 is 10.9 Å². The van der Waals surface area contributed by atoms with Gasteiger partial charge >= 0.3 is 0 Å². The molecule has 7 heteroatoms. The normalized spacial score (nSPS) is 17.9. The van der Waals surface area contributed by atoms with Crippen LogP contribution in [0.4, 0.5) is 5.82 Å². The molecule has 18 heavy (non-hydrogen) atoms. The first kappa shape index (κ1) is 13.5. The van der Waals surface area contributed by atoms with Crippen LogP contribution >= 0.6 is 15.9 Å². The molecular formula is C11H18BrN5O. The summed E-state index contributed by atoms with van der Waals surface area (Å²) in [5, 5.41) is 3.18. The zero-order valence-corrected chi connectivity index (χ0v) is 12.0. The van der Waals surface area contributed by atoms with E-state index in [0.717, 1.165) is 39.3 Å². The quantitative estimate of drug-likeness (QED) is 0.830. The van der Waals surface area contributed by atoms with Gasteiger partial charge in [0.15, 0.2) is 0 Å². The summed E-state index contributed by atoms with van der Waals surface area (Å²) in [7, 11) is 2.15. The maximum absolute atomic E-state index is 11.3. The number of aromatic nitrogens is 2. The Morgan fingerprint density at radius 3 is 2.89 bits per heavy atom. The summed E-state index contributed by atoms with van der Waals surface area (Å²) in [6, 6.07) is 0. The van der Waals surface area contributed by atoms with Gasteiger partial charge in [0, 0.05) is 39.3 Å². The third-order valence-electron chi connectivity index (χ3n) is 3.11. The van der Waals surface area contributed by atoms with Gasteiger partial charge in [-0.25, -0.2) is 4.98 Å². The van der Waals surface area contributed by atoms with Crippen LogP contribution in [0, 0.1) is 0 Å². The van der Waals surface area contributed by atoms with Gasteiger partial charge in [0.1, 0.15) is 10.3 Å². The molecule has 0 aromatic carbocycles. The van der Waals surface area contributed by atoms with Crippen molar-refractivity contribution in [3.05, 3.63) is 21.2 Å². The van der Waals surface area contributed by atoms with Crippen molar-refractivity contribution in [1.82, 2.24) is 19.8 Å². The van der Waals surface area contributed by atoms with Crippen molar-refractivity contribution in [3.63, 3.8) is 0 Å². The first-order chi connectivity index (χ1) is 8.66. The predicted octanol–water partition coefficient (Wildman–Crippen LogP) is 0.192. The average Bonchev–Trinajstić information content (AvgIpc) is 2.37. The third kappa shape index (κ3) is 3.54. The lowest BCUT2D eigenvalue weighted by Gasteiger charge is -2.32. The second-order valence-electron chi connectivity index (χ2n) is 4.47. The molecule has 0 amide bonds. The molecule has 2 N–H and O–H groups in total. The van der Waals surface area contributed by atoms with Crippen molar-refractivity contribution in [2.24, 2.45) is 0 Å². The highest BCUT2D eigenvalue weighted by atomic mass is 79.9. The number of anilines is 1. The van der Waals surface area contributed by atoms with E-state index in [2.05, 4.69) is 48.1 Å². The number of hydrogen-bond donors (Lipinski definition) is 2. The molecule has 6 nitrogen and oxygen atoms in total. The summed E-state index contributed by atoms with van der Waals surface area (Å²) >= 11 is 3.23. The van der Waals surface area contributed by atoms with Crippen molar-refractivity contribution in [2.75, 3.05) is 51.6 Å². The topological polar surface area (TPSA) is 64.3 Å². The second kappa shape index (κ2) is 6.31. The first-order valence-corrected chi connectivity index (χ1v) is 6.84. The summed E-state index contributed by atoms with van der Waals surface area (Å²) in [6.45, 7) is 6.19. The molecule has 2 rings (SSSR count). The molecule has 1 fully saturated rings. The summed E-state index contributed by atoms with van der Waals surface area (Å²) in [4.78, 5) is 22.7. The predicted molar refractivity (Wildman–Crippen MR) is 75.0 cm³/mol. The fourth-order valence-corrected chi connectivity index (χ4v) is 2.27. The molecule has 0 unspecified atom stereocenters. The summed E-state index contributed by atoms with van der Waals surface area (Å²) in [6.07, 6.45) is 1.41. The molecule has 0 aliphatic carbocycles. The fraction of sp³-hybridized carbons (Fsp3) is 0.636. The van der Waals surface area contributed by atoms with Gasteiger partial charge in [-0.05, 0) is 23.0 Å². The van der Waals surface area contributed by atoms with Crippen LogP contribution in [0.15, 0.2) is 15.6 Å². The number of nitrogens with one attached hydrogen (secondary N) is 2. The number of hydrogen-bond acceptors (Lipinski definition) is 5. The van der Waals surface area contributed by atoms with Crippen LogP contribution in [0.25, 0.3) is 0 Å². The largest absolute Gasteiger partial charge is 0.368 e. The smallest absolute Gasteiger partial charge is 0.267 e. The van der Waals surface area contributed by atoms with Crippen LogP contribution in [0.2, 0.25) is 0 Å². The minimum absolute atomic E-state index is 0.160. The molecule has 1 aliphatic heterocycles. The van der Waals surface area contributed by atoms with E-state index >= 15 is 0 Å². The van der Waals surface area contributed by atoms with E-state index in [9.17, 15) is 4.79 Å². The minimum Gasteiger partial charge on any atom is -0.368 e. The van der Waals surface area contributed by atoms with Gasteiger partial charge in [0.05, 0.1) is 6.33 Å². The van der Waals surface area contributed by atoms with Crippen LogP contribution in [-0.2, 0) is 0 Å². The van der Waals surface area contributed by atoms with Crippen molar-refractivity contribution in [3.8, 4) is 0 Å². The molecule has 0 radical (unpaired) electrons. The van der Waals surface area contributed by atoms with Gasteiger partial charge in [-0.1, -0.05) is 0 Å². The fourth-order valence-electron chi connectivity index (χ4n) is 1.91. The van der Waals surface area contributed by atoms with Crippen LogP contribution in [-0.4, -0.2) is 66.1 Å². The van der Waals surface area contributed by atoms with E-state index in [4.69, 9.17) is 0 Å². The molecule has 0 spiro atoms. The van der Waals surface area contributed by atoms with E-state index in [1.54, 1.807) is 0 Å². The monoisotopic (exact) mass is 315 g/mol. The Morgan fingerprint density at radius 2 is 2.17 bits per heavy atom. The highest BCUT2D eigenvalue weighted by molar-refractivity contribution is 9.10. The van der Waals surface area contributed by atoms with Crippen molar-refractivity contribution >= 4 is 21.7 Å². The Labute approximate surface area is 115 Å². The zero-order valence-electron chi connectivity index (χ0n) is 10.4. The van der Waals surface area contributed by atoms with E-state index in [0.29, 0.717) is 10.3 Å². The number of halogens is 1. The first-order valence-electron chi connectivity index (χ1n) is 6.05. The van der Waals surface area contributed by atoms with Gasteiger partial charge in [-0.3, -0.25) is 9.69 Å². The minimum atomic E-state index is -0.160. The van der Waals surface area contributed by atoms with E-state index < -0.39 is 0 Å². The molecule has 1 aromatic heterocycles. The second-order valence-corrected chi connectivity index (χ2v) is 5.26. The lowest BCUT2D eigenvalue weighted by atomic mass is 10.3. The Balaban J connectivity index is 1.78. The van der Waals surface area contributed by atoms with Crippen LogP contribution in [0.1, 0.15) is 0 Å². The highest BCUT2D eigenvalue weighted by Gasteiger charge is 2.13. The molecule has 2 heterocycles. The molecule has 1 saturated heterocycles. The number of likely N-dealkylation sites (N-methyl/N-ethyl adjacent to an activating group) is 1. The zero-order chi connectivity index (χ0) is 13.0. The van der Waals surface area contributed by atoms with Gasteiger partial charge in [0.25, 0.3) is 5.56 Å². The van der Waals surface area contributed by atoms with Gasteiger partial charge in [-0.2, -0.15) is 0 Å². The Morgan fingerprint density at radius 1 is 1.44 bits per heavy atom. The number of nitrogens with zero attached hydrogens (tertiary/aromatic N) is 3. The Kier molecular flexibility index (Phi) is 4.73. The van der Waals surface area contributed by atoms with Crippen LogP contribution in [0.3, 0.4) is 0 Å². The van der Waals surface area contributed by atoms with Crippen LogP contribution in [0.5, 0.6) is 0 Å². The summed E-state index contributed by atoms with van der Waals surface area (Å²) < 4.78 is 0.461. The van der Waals surface area contributed by atoms with E-state index in [-0.39, 0.29) is 5.56 Å². The standard InChI is InChI=1S/C11H18BrN5O/c1-16-4-6-17(7-5-16)3-2-13-10-9(12)11(18)15-8-14-10/h8H,2-7H2,1H3,(H2,13,14,15,18). The lowest BCUT2D eigenvalue weighted by Crippen LogP contribution is -2.45. The van der Waals surface area contributed by atoms with Crippen molar-refractivity contribution in [2.45, 2.75) is 0 Å². The maximum Gasteiger partial charge on any atom is 0.267 e. The molecule has 0 saturated carbocycles. The molecule has 0 atom stereocenters. The highest BCUT2D eigenvalue weighted by Crippen LogP contribution is 2.12. The summed E-state index contributed by atoms with van der Waals surface area (Å²) in [5.41, 5.74) is -0.160. The maximum atomic E-state index is 11.3. The summed E-state index contributed by atoms with van der Waals surface area (Å²) in [5.74, 6) is 0.605. The number of H-pyrrole nitrogens is 1. The molecular weight excluding hydrogens is 298 g/mol. The van der Waals surface area contributed by atoms with Gasteiger partial charge < -0.3 is 15.2 Å². The van der Waals surface area contributed by atoms with E-state index in [1.807, 2.05) is 0 Å². The Bertz CT molecular complexity index is 441. The van der Waals surface area contributed by atoms with Gasteiger partial charge in [0.2, 0.25) is 0 Å². The number of piperazine rings is 1. The van der Waals surface area contributed by atoms with E-state index in [1.165, 1.54) is 6.33 Å². The average molecular weight is 316 g/mol. The molecule has 100 valence electrons. The number of aromatic amines is 1. The SMILES string of the molecule is CN1CCN(CCNc2nc[nH]c(=O)c2Br)CC1. The molecule has 1 aliphatic rings. The molecule has 1 aromatic rings. The lowest BCUT2D eigenvalue weighted by molar-refractivity contribution is 0.158. The molecule has 0 bridgehead atoms.